The molecule has 86 valence electrons. The van der Waals surface area contributed by atoms with Crippen molar-refractivity contribution in [2.24, 2.45) is 0 Å². The number of amides is 1. The van der Waals surface area contributed by atoms with Crippen molar-refractivity contribution in [1.82, 2.24) is 10.3 Å². The predicted octanol–water partition coefficient (Wildman–Crippen LogP) is 2.89. The van der Waals surface area contributed by atoms with Gasteiger partial charge in [-0.15, -0.1) is 0 Å². The van der Waals surface area contributed by atoms with E-state index in [1.54, 1.807) is 18.5 Å². The number of pyridine rings is 1. The van der Waals surface area contributed by atoms with Crippen LogP contribution in [0.3, 0.4) is 0 Å². The molecule has 2 atom stereocenters. The van der Waals surface area contributed by atoms with Gasteiger partial charge in [0.25, 0.3) is 5.91 Å². The highest BCUT2D eigenvalue weighted by Gasteiger charge is 2.26. The second-order valence-corrected chi connectivity index (χ2v) is 6.01. The first kappa shape index (κ1) is 12.0. The van der Waals surface area contributed by atoms with Gasteiger partial charge in [0.1, 0.15) is 0 Å². The Kier molecular flexibility index (Phi) is 3.97. The van der Waals surface area contributed by atoms with E-state index in [1.165, 1.54) is 0 Å². The van der Waals surface area contributed by atoms with Gasteiger partial charge in [-0.05, 0) is 34.8 Å². The van der Waals surface area contributed by atoms with E-state index in [0.29, 0.717) is 10.4 Å². The third kappa shape index (κ3) is 2.83. The minimum atomic E-state index is -0.0508. The van der Waals surface area contributed by atoms with Crippen molar-refractivity contribution in [1.29, 1.82) is 0 Å². The molecule has 2 rings (SSSR count). The Morgan fingerprint density at radius 3 is 2.88 bits per heavy atom. The Hall–Kier alpha value is -0.420. The van der Waals surface area contributed by atoms with E-state index in [2.05, 4.69) is 42.2 Å². The van der Waals surface area contributed by atoms with Crippen LogP contribution in [0.4, 0.5) is 0 Å². The molecule has 0 radical (unpaired) electrons. The number of alkyl halides is 1. The summed E-state index contributed by atoms with van der Waals surface area (Å²) in [5.41, 5.74) is 0.598. The second-order valence-electron chi connectivity index (χ2n) is 3.92. The summed E-state index contributed by atoms with van der Waals surface area (Å²) in [5.74, 6) is -0.0508. The highest BCUT2D eigenvalue weighted by atomic mass is 79.9. The lowest BCUT2D eigenvalue weighted by atomic mass is 10.2. The maximum absolute atomic E-state index is 11.9. The first-order valence-corrected chi connectivity index (χ1v) is 6.93. The molecule has 16 heavy (non-hydrogen) atoms. The summed E-state index contributed by atoms with van der Waals surface area (Å²) in [6.07, 6.45) is 6.58. The van der Waals surface area contributed by atoms with Gasteiger partial charge in [0, 0.05) is 27.7 Å². The lowest BCUT2D eigenvalue weighted by molar-refractivity contribution is 0.0938. The minimum Gasteiger partial charge on any atom is -0.348 e. The van der Waals surface area contributed by atoms with Crippen molar-refractivity contribution in [3.8, 4) is 0 Å². The maximum atomic E-state index is 11.9. The van der Waals surface area contributed by atoms with Crippen LogP contribution >= 0.6 is 31.9 Å². The van der Waals surface area contributed by atoms with Gasteiger partial charge in [-0.1, -0.05) is 22.4 Å². The van der Waals surface area contributed by atoms with Crippen LogP contribution in [0.25, 0.3) is 0 Å². The van der Waals surface area contributed by atoms with E-state index in [9.17, 15) is 4.79 Å². The van der Waals surface area contributed by atoms with E-state index >= 15 is 0 Å². The van der Waals surface area contributed by atoms with E-state index in [1.807, 2.05) is 0 Å². The lowest BCUT2D eigenvalue weighted by Crippen LogP contribution is -2.37. The van der Waals surface area contributed by atoms with Crippen LogP contribution in [-0.2, 0) is 0 Å². The van der Waals surface area contributed by atoms with Gasteiger partial charge >= 0.3 is 0 Å². The standard InChI is InChI=1S/C11H12Br2N2O/c12-8-4-7(5-14-6-8)11(16)15-10-3-1-2-9(10)13/h4-6,9-10H,1-3H2,(H,15,16). The third-order valence-corrected chi connectivity index (χ3v) is 4.24. The molecule has 1 saturated carbocycles. The zero-order valence-electron chi connectivity index (χ0n) is 8.62. The highest BCUT2D eigenvalue weighted by Crippen LogP contribution is 2.25. The molecule has 1 heterocycles. The van der Waals surface area contributed by atoms with Crippen LogP contribution in [0.15, 0.2) is 22.9 Å². The maximum Gasteiger partial charge on any atom is 0.253 e. The summed E-state index contributed by atoms with van der Waals surface area (Å²) in [6, 6.07) is 2.02. The van der Waals surface area contributed by atoms with Gasteiger partial charge < -0.3 is 5.32 Å². The topological polar surface area (TPSA) is 42.0 Å². The van der Waals surface area contributed by atoms with Crippen LogP contribution < -0.4 is 5.32 Å². The molecule has 0 bridgehead atoms. The van der Waals surface area contributed by atoms with Gasteiger partial charge in [-0.25, -0.2) is 0 Å². The van der Waals surface area contributed by atoms with Crippen molar-refractivity contribution in [2.75, 3.05) is 0 Å². The Morgan fingerprint density at radius 1 is 1.44 bits per heavy atom. The fraction of sp³-hybridized carbons (Fsp3) is 0.455. The molecular formula is C11H12Br2N2O. The van der Waals surface area contributed by atoms with Crippen molar-refractivity contribution >= 4 is 37.8 Å². The number of halogens is 2. The van der Waals surface area contributed by atoms with Crippen LogP contribution in [-0.4, -0.2) is 21.8 Å². The van der Waals surface area contributed by atoms with Gasteiger partial charge in [0.2, 0.25) is 0 Å². The summed E-state index contributed by atoms with van der Waals surface area (Å²) < 4.78 is 0.821. The molecule has 2 unspecified atom stereocenters. The van der Waals surface area contributed by atoms with Gasteiger partial charge in [0.05, 0.1) is 5.56 Å². The Morgan fingerprint density at radius 2 is 2.25 bits per heavy atom. The molecule has 0 aromatic carbocycles. The van der Waals surface area contributed by atoms with E-state index in [-0.39, 0.29) is 11.9 Å². The Bertz CT molecular complexity index is 397. The lowest BCUT2D eigenvalue weighted by Gasteiger charge is -2.15. The number of hydrogen-bond donors (Lipinski definition) is 1. The zero-order valence-corrected chi connectivity index (χ0v) is 11.8. The fourth-order valence-electron chi connectivity index (χ4n) is 1.87. The summed E-state index contributed by atoms with van der Waals surface area (Å²) in [5, 5.41) is 3.03. The summed E-state index contributed by atoms with van der Waals surface area (Å²) in [6.45, 7) is 0. The quantitative estimate of drug-likeness (QED) is 0.836. The molecule has 5 heteroatoms. The van der Waals surface area contributed by atoms with Crippen LogP contribution in [0.5, 0.6) is 0 Å². The molecule has 0 spiro atoms. The average Bonchev–Trinajstić information content (AvgIpc) is 2.64. The zero-order chi connectivity index (χ0) is 11.5. The number of nitrogens with one attached hydrogen (secondary N) is 1. The molecule has 1 fully saturated rings. The average molecular weight is 348 g/mol. The number of rotatable bonds is 2. The third-order valence-electron chi connectivity index (χ3n) is 2.72. The molecule has 0 saturated heterocycles. The first-order valence-electron chi connectivity index (χ1n) is 5.22. The molecule has 1 N–H and O–H groups in total. The van der Waals surface area contributed by atoms with Crippen LogP contribution in [0.2, 0.25) is 0 Å². The minimum absolute atomic E-state index is 0.0508. The Labute approximate surface area is 111 Å². The van der Waals surface area contributed by atoms with Crippen LogP contribution in [0, 0.1) is 0 Å². The molecular weight excluding hydrogens is 336 g/mol. The molecule has 3 nitrogen and oxygen atoms in total. The predicted molar refractivity (Wildman–Crippen MR) is 69.8 cm³/mol. The smallest absolute Gasteiger partial charge is 0.253 e. The van der Waals surface area contributed by atoms with Gasteiger partial charge in [0.15, 0.2) is 0 Å². The molecule has 1 aliphatic rings. The second kappa shape index (κ2) is 5.27. The van der Waals surface area contributed by atoms with Crippen LogP contribution in [0.1, 0.15) is 29.6 Å². The molecule has 1 aromatic heterocycles. The summed E-state index contributed by atoms with van der Waals surface area (Å²) >= 11 is 6.88. The van der Waals surface area contributed by atoms with Crippen molar-refractivity contribution in [2.45, 2.75) is 30.1 Å². The van der Waals surface area contributed by atoms with E-state index in [4.69, 9.17) is 0 Å². The Balaban J connectivity index is 2.03. The first-order chi connectivity index (χ1) is 7.66. The number of aromatic nitrogens is 1. The largest absolute Gasteiger partial charge is 0.348 e. The summed E-state index contributed by atoms with van der Waals surface area (Å²) in [4.78, 5) is 16.3. The monoisotopic (exact) mass is 346 g/mol. The molecule has 1 amide bonds. The number of hydrogen-bond acceptors (Lipinski definition) is 2. The molecule has 1 aliphatic carbocycles. The van der Waals surface area contributed by atoms with Gasteiger partial charge in [-0.3, -0.25) is 9.78 Å². The fourth-order valence-corrected chi connectivity index (χ4v) is 2.95. The number of carbonyl (C=O) groups excluding carboxylic acids is 1. The SMILES string of the molecule is O=C(NC1CCCC1Br)c1cncc(Br)c1. The molecule has 0 aliphatic heterocycles. The molecule has 1 aromatic rings. The van der Waals surface area contributed by atoms with Gasteiger partial charge in [-0.2, -0.15) is 0 Å². The van der Waals surface area contributed by atoms with Crippen molar-refractivity contribution in [3.63, 3.8) is 0 Å². The van der Waals surface area contributed by atoms with E-state index in [0.717, 1.165) is 23.7 Å². The van der Waals surface area contributed by atoms with E-state index < -0.39 is 0 Å². The van der Waals surface area contributed by atoms with Crippen molar-refractivity contribution in [3.05, 3.63) is 28.5 Å². The number of carbonyl (C=O) groups is 1. The highest BCUT2D eigenvalue weighted by molar-refractivity contribution is 9.10. The summed E-state index contributed by atoms with van der Waals surface area (Å²) in [7, 11) is 0. The number of nitrogens with zero attached hydrogens (tertiary/aromatic N) is 1. The normalized spacial score (nSPS) is 24.4. The van der Waals surface area contributed by atoms with Crippen molar-refractivity contribution < 1.29 is 4.79 Å².